The monoisotopic (exact) mass is 341 g/mol. The number of nitrogens with zero attached hydrogens (tertiary/aromatic N) is 1. The highest BCUT2D eigenvalue weighted by atomic mass is 35.5. The summed E-state index contributed by atoms with van der Waals surface area (Å²) in [5.74, 6) is -1.88. The highest BCUT2D eigenvalue weighted by molar-refractivity contribution is 6.40. The van der Waals surface area contributed by atoms with E-state index in [1.54, 1.807) is 6.07 Å². The third kappa shape index (κ3) is 2.60. The highest BCUT2D eigenvalue weighted by Gasteiger charge is 2.41. The van der Waals surface area contributed by atoms with Crippen LogP contribution in [0.15, 0.2) is 24.0 Å². The van der Waals surface area contributed by atoms with E-state index in [1.165, 1.54) is 12.1 Å². The lowest BCUT2D eigenvalue weighted by Crippen LogP contribution is -2.38. The summed E-state index contributed by atoms with van der Waals surface area (Å²) < 4.78 is 5.44. The predicted molar refractivity (Wildman–Crippen MR) is 81.7 cm³/mol. The van der Waals surface area contributed by atoms with Gasteiger partial charge in [-0.25, -0.2) is 0 Å². The molecule has 1 atom stereocenters. The number of aliphatic hydroxyl groups excluding tert-OH is 1. The molecule has 1 unspecified atom stereocenters. The summed E-state index contributed by atoms with van der Waals surface area (Å²) in [4.78, 5) is 25.6. The average Bonchev–Trinajstić information content (AvgIpc) is 3.05. The van der Waals surface area contributed by atoms with Crippen molar-refractivity contribution in [2.24, 2.45) is 0 Å². The van der Waals surface area contributed by atoms with E-state index in [0.717, 1.165) is 17.7 Å². The van der Waals surface area contributed by atoms with Gasteiger partial charge in [-0.1, -0.05) is 29.3 Å². The summed E-state index contributed by atoms with van der Waals surface area (Å²) in [5, 5.41) is 10.7. The van der Waals surface area contributed by atoms with Crippen LogP contribution in [0.25, 0.3) is 5.57 Å². The van der Waals surface area contributed by atoms with Crippen molar-refractivity contribution in [2.45, 2.75) is 18.9 Å². The lowest BCUT2D eigenvalue weighted by Gasteiger charge is -2.18. The van der Waals surface area contributed by atoms with Crippen molar-refractivity contribution < 1.29 is 19.4 Å². The smallest absolute Gasteiger partial charge is 0.296 e. The first-order valence-corrected chi connectivity index (χ1v) is 7.61. The largest absolute Gasteiger partial charge is 0.502 e. The summed E-state index contributed by atoms with van der Waals surface area (Å²) in [5.41, 5.74) is 0.196. The van der Waals surface area contributed by atoms with Crippen LogP contribution in [0, 0.1) is 0 Å². The second-order valence-electron chi connectivity index (χ2n) is 5.20. The number of hydrogen-bond acceptors (Lipinski definition) is 4. The van der Waals surface area contributed by atoms with Gasteiger partial charge in [0.25, 0.3) is 11.8 Å². The minimum atomic E-state index is -0.721. The molecule has 0 saturated carbocycles. The van der Waals surface area contributed by atoms with Crippen LogP contribution in [0.3, 0.4) is 0 Å². The van der Waals surface area contributed by atoms with Crippen LogP contribution in [-0.4, -0.2) is 41.1 Å². The Bertz CT molecular complexity index is 680. The van der Waals surface area contributed by atoms with E-state index in [9.17, 15) is 14.7 Å². The summed E-state index contributed by atoms with van der Waals surface area (Å²) in [6, 6.07) is 4.51. The molecule has 2 heterocycles. The summed E-state index contributed by atoms with van der Waals surface area (Å²) >= 11 is 11.9. The zero-order chi connectivity index (χ0) is 15.9. The number of carbonyl (C=O) groups excluding carboxylic acids is 2. The highest BCUT2D eigenvalue weighted by Crippen LogP contribution is 2.34. The topological polar surface area (TPSA) is 66.8 Å². The van der Waals surface area contributed by atoms with Gasteiger partial charge in [-0.05, 0) is 25.0 Å². The molecule has 1 aromatic rings. The molecule has 1 saturated heterocycles. The van der Waals surface area contributed by atoms with Crippen LogP contribution in [0.1, 0.15) is 18.4 Å². The first kappa shape index (κ1) is 15.3. The van der Waals surface area contributed by atoms with Gasteiger partial charge < -0.3 is 9.84 Å². The Morgan fingerprint density at radius 1 is 1.27 bits per heavy atom. The molecule has 22 heavy (non-hydrogen) atoms. The van der Waals surface area contributed by atoms with Crippen LogP contribution >= 0.6 is 23.2 Å². The second-order valence-corrected chi connectivity index (χ2v) is 6.05. The molecule has 116 valence electrons. The van der Waals surface area contributed by atoms with Crippen LogP contribution in [-0.2, 0) is 14.3 Å². The Hall–Kier alpha value is -1.56. The molecule has 5 nitrogen and oxygen atoms in total. The number of imide groups is 1. The maximum atomic E-state index is 12.5. The first-order chi connectivity index (χ1) is 10.5. The van der Waals surface area contributed by atoms with Crippen molar-refractivity contribution in [1.82, 2.24) is 4.90 Å². The minimum absolute atomic E-state index is 0.0929. The number of rotatable bonds is 3. The molecule has 0 bridgehead atoms. The van der Waals surface area contributed by atoms with Crippen molar-refractivity contribution >= 4 is 40.6 Å². The van der Waals surface area contributed by atoms with Gasteiger partial charge in [-0.2, -0.15) is 0 Å². The Labute approximate surface area is 137 Å². The maximum absolute atomic E-state index is 12.5. The van der Waals surface area contributed by atoms with Gasteiger partial charge in [0.2, 0.25) is 0 Å². The Kier molecular flexibility index (Phi) is 4.12. The molecule has 0 spiro atoms. The SMILES string of the molecule is O=C1C(O)=C(c2ccc(Cl)cc2Cl)C(=O)N1CC1CCCO1. The molecular weight excluding hydrogens is 329 g/mol. The summed E-state index contributed by atoms with van der Waals surface area (Å²) in [6.45, 7) is 0.757. The Morgan fingerprint density at radius 3 is 2.68 bits per heavy atom. The van der Waals surface area contributed by atoms with Crippen molar-refractivity contribution in [1.29, 1.82) is 0 Å². The number of halogens is 2. The van der Waals surface area contributed by atoms with Gasteiger partial charge in [0.05, 0.1) is 23.2 Å². The Balaban J connectivity index is 1.91. The van der Waals surface area contributed by atoms with E-state index in [1.807, 2.05) is 0 Å². The van der Waals surface area contributed by atoms with Gasteiger partial charge >= 0.3 is 0 Å². The van der Waals surface area contributed by atoms with Crippen LogP contribution in [0.2, 0.25) is 10.0 Å². The fourth-order valence-corrected chi connectivity index (χ4v) is 3.16. The van der Waals surface area contributed by atoms with Gasteiger partial charge in [-0.3, -0.25) is 14.5 Å². The molecule has 1 aromatic carbocycles. The van der Waals surface area contributed by atoms with E-state index < -0.39 is 17.6 Å². The van der Waals surface area contributed by atoms with Gasteiger partial charge in [0.15, 0.2) is 5.76 Å². The van der Waals surface area contributed by atoms with Gasteiger partial charge in [0.1, 0.15) is 0 Å². The van der Waals surface area contributed by atoms with Gasteiger partial charge in [0, 0.05) is 17.2 Å². The summed E-state index contributed by atoms with van der Waals surface area (Å²) in [7, 11) is 0. The molecule has 0 radical (unpaired) electrons. The predicted octanol–water partition coefficient (Wildman–Crippen LogP) is 2.81. The van der Waals surface area contributed by atoms with E-state index >= 15 is 0 Å². The van der Waals surface area contributed by atoms with Gasteiger partial charge in [-0.15, -0.1) is 0 Å². The van der Waals surface area contributed by atoms with E-state index in [2.05, 4.69) is 0 Å². The van der Waals surface area contributed by atoms with Crippen LogP contribution in [0.5, 0.6) is 0 Å². The molecule has 2 amide bonds. The number of benzene rings is 1. The van der Waals surface area contributed by atoms with Crippen molar-refractivity contribution in [3.8, 4) is 0 Å². The maximum Gasteiger partial charge on any atom is 0.296 e. The normalized spacial score (nSPS) is 22.1. The number of ether oxygens (including phenoxy) is 1. The lowest BCUT2D eigenvalue weighted by atomic mass is 10.1. The number of amides is 2. The molecule has 0 aromatic heterocycles. The summed E-state index contributed by atoms with van der Waals surface area (Å²) in [6.07, 6.45) is 1.51. The first-order valence-electron chi connectivity index (χ1n) is 6.85. The fraction of sp³-hybridized carbons (Fsp3) is 0.333. The van der Waals surface area contributed by atoms with Crippen molar-refractivity contribution in [3.63, 3.8) is 0 Å². The molecule has 1 fully saturated rings. The van der Waals surface area contributed by atoms with Crippen molar-refractivity contribution in [2.75, 3.05) is 13.2 Å². The van der Waals surface area contributed by atoms with E-state index in [4.69, 9.17) is 27.9 Å². The molecule has 2 aliphatic rings. The van der Waals surface area contributed by atoms with E-state index in [-0.39, 0.29) is 28.8 Å². The van der Waals surface area contributed by atoms with Crippen LogP contribution in [0.4, 0.5) is 0 Å². The zero-order valence-corrected chi connectivity index (χ0v) is 13.0. The van der Waals surface area contributed by atoms with Crippen molar-refractivity contribution in [3.05, 3.63) is 39.6 Å². The molecule has 7 heteroatoms. The second kappa shape index (κ2) is 5.91. The fourth-order valence-electron chi connectivity index (χ4n) is 2.66. The quantitative estimate of drug-likeness (QED) is 0.858. The lowest BCUT2D eigenvalue weighted by molar-refractivity contribution is -0.139. The number of aliphatic hydroxyl groups is 1. The number of carbonyl (C=O) groups is 2. The molecular formula is C15H13Cl2NO4. The van der Waals surface area contributed by atoms with E-state index in [0.29, 0.717) is 11.6 Å². The third-order valence-corrected chi connectivity index (χ3v) is 4.30. The molecule has 1 N–H and O–H groups in total. The Morgan fingerprint density at radius 2 is 2.05 bits per heavy atom. The molecule has 2 aliphatic heterocycles. The number of hydrogen-bond donors (Lipinski definition) is 1. The third-order valence-electron chi connectivity index (χ3n) is 3.75. The standard InChI is InChI=1S/C15H13Cl2NO4/c16-8-3-4-10(11(17)6-8)12-13(19)15(21)18(14(12)20)7-9-2-1-5-22-9/h3-4,6,9,19H,1-2,5,7H2. The molecule has 0 aliphatic carbocycles. The minimum Gasteiger partial charge on any atom is -0.502 e. The average molecular weight is 342 g/mol. The zero-order valence-electron chi connectivity index (χ0n) is 11.5. The van der Waals surface area contributed by atoms with Crippen LogP contribution < -0.4 is 0 Å². The molecule has 3 rings (SSSR count).